The lowest BCUT2D eigenvalue weighted by molar-refractivity contribution is 0.102. The topological polar surface area (TPSA) is 95.2 Å². The van der Waals surface area contributed by atoms with Gasteiger partial charge in [0.05, 0.1) is 21.8 Å². The molecule has 0 saturated carbocycles. The molecule has 1 aromatic heterocycles. The minimum Gasteiger partial charge on any atom is -0.572 e. The maximum absolute atomic E-state index is 13.5. The number of rotatable bonds is 7. The summed E-state index contributed by atoms with van der Waals surface area (Å²) in [6.07, 6.45) is 0. The predicted molar refractivity (Wildman–Crippen MR) is 150 cm³/mol. The van der Waals surface area contributed by atoms with Gasteiger partial charge in [-0.2, -0.15) is 5.10 Å². The fourth-order valence-electron chi connectivity index (χ4n) is 4.14. The van der Waals surface area contributed by atoms with Gasteiger partial charge in [0, 0.05) is 11.3 Å². The molecule has 0 spiro atoms. The van der Waals surface area contributed by atoms with Gasteiger partial charge in [0.25, 0.3) is 5.91 Å². The Kier molecular flexibility index (Phi) is 6.81. The van der Waals surface area contributed by atoms with E-state index in [0.717, 1.165) is 16.8 Å². The maximum Gasteiger partial charge on any atom is 0.259 e. The van der Waals surface area contributed by atoms with Crippen LogP contribution in [0, 0.1) is 13.8 Å². The van der Waals surface area contributed by atoms with Gasteiger partial charge in [0.1, 0.15) is 15.7 Å². The van der Waals surface area contributed by atoms with Crippen molar-refractivity contribution in [2.45, 2.75) is 18.7 Å². The number of amides is 1. The van der Waals surface area contributed by atoms with E-state index in [4.69, 9.17) is 5.10 Å². The fraction of sp³-hybridized carbons (Fsp3) is 0.0667. The normalized spacial score (nSPS) is 11.2. The molecule has 0 aliphatic heterocycles. The van der Waals surface area contributed by atoms with Crippen LogP contribution in [0.25, 0.3) is 21.7 Å². The molecule has 1 N–H and O–H groups in total. The summed E-state index contributed by atoms with van der Waals surface area (Å²) in [5.41, 5.74) is 4.94. The fourth-order valence-corrected chi connectivity index (χ4v) is 5.19. The van der Waals surface area contributed by atoms with Gasteiger partial charge in [-0.3, -0.25) is 4.79 Å². The number of nitrogens with one attached hydrogen (secondary N) is 1. The highest BCUT2D eigenvalue weighted by molar-refractivity contribution is 7.94. The van der Waals surface area contributed by atoms with Crippen LogP contribution in [0.2, 0.25) is 0 Å². The molecule has 1 amide bonds. The van der Waals surface area contributed by atoms with E-state index in [1.165, 1.54) is 12.1 Å². The third-order valence-corrected chi connectivity index (χ3v) is 7.44. The van der Waals surface area contributed by atoms with Crippen molar-refractivity contribution in [3.63, 3.8) is 0 Å². The number of aromatic nitrogens is 2. The Morgan fingerprint density at radius 2 is 1.39 bits per heavy atom. The second kappa shape index (κ2) is 10.4. The second-order valence-corrected chi connectivity index (χ2v) is 10.4. The molecule has 7 nitrogen and oxygen atoms in total. The minimum absolute atomic E-state index is 0.0387. The van der Waals surface area contributed by atoms with Crippen molar-refractivity contribution in [3.8, 4) is 16.9 Å². The molecule has 0 atom stereocenters. The van der Waals surface area contributed by atoms with Gasteiger partial charge in [-0.05, 0) is 50.2 Å². The molecule has 5 rings (SSSR count). The molecule has 0 fully saturated rings. The quantitative estimate of drug-likeness (QED) is 0.255. The van der Waals surface area contributed by atoms with E-state index in [2.05, 4.69) is 10.0 Å². The van der Waals surface area contributed by atoms with Crippen molar-refractivity contribution in [2.24, 2.45) is 0 Å². The first-order chi connectivity index (χ1) is 18.3. The van der Waals surface area contributed by atoms with E-state index in [9.17, 15) is 13.2 Å². The van der Waals surface area contributed by atoms with Crippen molar-refractivity contribution in [3.05, 3.63) is 131 Å². The van der Waals surface area contributed by atoms with Crippen LogP contribution in [0.1, 0.15) is 21.6 Å². The van der Waals surface area contributed by atoms with Crippen LogP contribution in [0.3, 0.4) is 0 Å². The van der Waals surface area contributed by atoms with Crippen LogP contribution in [0.15, 0.2) is 114 Å². The Hall–Kier alpha value is -4.69. The van der Waals surface area contributed by atoms with E-state index in [-0.39, 0.29) is 10.8 Å². The third kappa shape index (κ3) is 5.07. The first-order valence-corrected chi connectivity index (χ1v) is 13.4. The zero-order valence-electron chi connectivity index (χ0n) is 20.9. The van der Waals surface area contributed by atoms with Gasteiger partial charge < -0.3 is 10.0 Å². The van der Waals surface area contributed by atoms with Crippen molar-refractivity contribution in [1.82, 2.24) is 9.78 Å². The molecule has 8 heteroatoms. The molecular formula is C30H25N4O3S-. The summed E-state index contributed by atoms with van der Waals surface area (Å²) in [6, 6.07) is 32.1. The highest BCUT2D eigenvalue weighted by Gasteiger charge is 2.23. The van der Waals surface area contributed by atoms with Crippen LogP contribution in [0.4, 0.5) is 11.4 Å². The second-order valence-electron chi connectivity index (χ2n) is 8.75. The lowest BCUT2D eigenvalue weighted by atomic mass is 10.1. The van der Waals surface area contributed by atoms with Gasteiger partial charge in [-0.15, -0.1) is 5.69 Å². The Morgan fingerprint density at radius 3 is 2.05 bits per heavy atom. The summed E-state index contributed by atoms with van der Waals surface area (Å²) in [6.45, 7) is 3.66. The van der Waals surface area contributed by atoms with Crippen LogP contribution >= 0.6 is 0 Å². The molecule has 0 bridgehead atoms. The molecule has 0 saturated heterocycles. The zero-order chi connectivity index (χ0) is 26.7. The summed E-state index contributed by atoms with van der Waals surface area (Å²) in [7, 11) is -3.91. The number of aryl methyl sites for hydroxylation is 1. The number of para-hydroxylation sites is 1. The number of carbonyl (C=O) groups is 1. The van der Waals surface area contributed by atoms with Gasteiger partial charge in [0.2, 0.25) is 0 Å². The molecule has 1 heterocycles. The largest absolute Gasteiger partial charge is 0.572 e. The molecule has 4 aromatic carbocycles. The number of carbonyl (C=O) groups excluding carboxylic acids is 1. The molecule has 5 aromatic rings. The van der Waals surface area contributed by atoms with Gasteiger partial charge in [-0.1, -0.05) is 78.4 Å². The van der Waals surface area contributed by atoms with Crippen molar-refractivity contribution < 1.29 is 13.2 Å². The molecule has 38 heavy (non-hydrogen) atoms. The van der Waals surface area contributed by atoms with Crippen LogP contribution in [0.5, 0.6) is 0 Å². The zero-order valence-corrected chi connectivity index (χ0v) is 21.7. The average Bonchev–Trinajstić information content (AvgIpc) is 3.28. The highest BCUT2D eigenvalue weighted by Crippen LogP contribution is 2.31. The van der Waals surface area contributed by atoms with Gasteiger partial charge in [-0.25, -0.2) is 13.1 Å². The Labute approximate surface area is 221 Å². The number of hydrogen-bond acceptors (Lipinski definition) is 4. The van der Waals surface area contributed by atoms with Crippen LogP contribution in [-0.4, -0.2) is 24.1 Å². The smallest absolute Gasteiger partial charge is 0.259 e. The van der Waals surface area contributed by atoms with Gasteiger partial charge in [0.15, 0.2) is 0 Å². The molecule has 0 unspecified atom stereocenters. The van der Waals surface area contributed by atoms with Crippen molar-refractivity contribution >= 4 is 27.3 Å². The third-order valence-electron chi connectivity index (χ3n) is 6.14. The van der Waals surface area contributed by atoms with E-state index in [1.807, 2.05) is 73.7 Å². The standard InChI is InChI=1S/C30H25N4O3S/c1-21-11-9-10-16-27(21)33-38(36,37)26-19-17-24(18-20-26)31-30(35)28-22(2)34(25-14-7-4-8-15-25)32-29(28)23-12-5-3-6-13-23/h3-20H,1-2H3,(H,31,35)/q-1. The van der Waals surface area contributed by atoms with E-state index >= 15 is 0 Å². The number of nitrogens with zero attached hydrogens (tertiary/aromatic N) is 3. The number of hydrogen-bond donors (Lipinski definition) is 1. The summed E-state index contributed by atoms with van der Waals surface area (Å²) in [5, 5.41) is 7.66. The summed E-state index contributed by atoms with van der Waals surface area (Å²) in [4.78, 5) is 13.6. The molecular weight excluding hydrogens is 496 g/mol. The minimum atomic E-state index is -3.91. The monoisotopic (exact) mass is 521 g/mol. The number of sulfonamides is 1. The molecule has 0 aliphatic rings. The summed E-state index contributed by atoms with van der Waals surface area (Å²) >= 11 is 0. The van der Waals surface area contributed by atoms with Crippen molar-refractivity contribution in [2.75, 3.05) is 5.32 Å². The molecule has 190 valence electrons. The van der Waals surface area contributed by atoms with Crippen LogP contribution in [-0.2, 0) is 10.0 Å². The Bertz CT molecular complexity index is 1700. The molecule has 0 radical (unpaired) electrons. The Balaban J connectivity index is 1.43. The Morgan fingerprint density at radius 1 is 0.789 bits per heavy atom. The van der Waals surface area contributed by atoms with E-state index in [0.29, 0.717) is 28.3 Å². The predicted octanol–water partition coefficient (Wildman–Crippen LogP) is 6.80. The van der Waals surface area contributed by atoms with Crippen molar-refractivity contribution in [1.29, 1.82) is 0 Å². The lowest BCUT2D eigenvalue weighted by Crippen LogP contribution is -2.14. The highest BCUT2D eigenvalue weighted by atomic mass is 32.2. The number of benzene rings is 4. The van der Waals surface area contributed by atoms with Gasteiger partial charge >= 0.3 is 0 Å². The lowest BCUT2D eigenvalue weighted by Gasteiger charge is -2.24. The van der Waals surface area contributed by atoms with E-state index < -0.39 is 10.0 Å². The average molecular weight is 522 g/mol. The molecule has 0 aliphatic carbocycles. The van der Waals surface area contributed by atoms with Crippen LogP contribution < -0.4 is 5.32 Å². The summed E-state index contributed by atoms with van der Waals surface area (Å²) in [5.74, 6) is -0.344. The first kappa shape index (κ1) is 25.0. The summed E-state index contributed by atoms with van der Waals surface area (Å²) < 4.78 is 31.4. The maximum atomic E-state index is 13.5. The van der Waals surface area contributed by atoms with E-state index in [1.54, 1.807) is 41.9 Å². The SMILES string of the molecule is Cc1ccccc1[N-]S(=O)(=O)c1ccc(NC(=O)c2c(-c3ccccc3)nn(-c3ccccc3)c2C)cc1. The number of anilines is 1. The first-order valence-electron chi connectivity index (χ1n) is 12.0.